The third kappa shape index (κ3) is 3.34. The Balaban J connectivity index is 1.77. The summed E-state index contributed by atoms with van der Waals surface area (Å²) in [5, 5.41) is 4.02. The van der Waals surface area contributed by atoms with Crippen molar-refractivity contribution >= 4 is 45.4 Å². The third-order valence-electron chi connectivity index (χ3n) is 5.12. The highest BCUT2D eigenvalue weighted by molar-refractivity contribution is 6.30. The second-order valence-corrected chi connectivity index (χ2v) is 7.42. The summed E-state index contributed by atoms with van der Waals surface area (Å²) >= 11 is 6.00. The predicted molar refractivity (Wildman–Crippen MR) is 124 cm³/mol. The molecule has 0 spiro atoms. The molecule has 0 fully saturated rings. The van der Waals surface area contributed by atoms with Crippen LogP contribution in [-0.2, 0) is 0 Å². The summed E-state index contributed by atoms with van der Waals surface area (Å²) in [6, 6.07) is 27.9. The highest BCUT2D eigenvalue weighted by Crippen LogP contribution is 2.44. The smallest absolute Gasteiger partial charge is 0.227 e. The molecular weight excluding hydrogens is 394 g/mol. The molecule has 4 aromatic carbocycles. The average Bonchev–Trinajstić information content (AvgIpc) is 3.18. The van der Waals surface area contributed by atoms with Crippen molar-refractivity contribution in [1.82, 2.24) is 0 Å². The molecule has 0 radical (unpaired) electrons. The van der Waals surface area contributed by atoms with Crippen molar-refractivity contribution in [2.75, 3.05) is 7.11 Å². The van der Waals surface area contributed by atoms with E-state index in [4.69, 9.17) is 25.7 Å². The Morgan fingerprint density at radius 2 is 1.73 bits per heavy atom. The zero-order chi connectivity index (χ0) is 20.5. The van der Waals surface area contributed by atoms with E-state index in [9.17, 15) is 0 Å². The summed E-state index contributed by atoms with van der Waals surface area (Å²) in [6.45, 7) is 0. The highest BCUT2D eigenvalue weighted by Gasteiger charge is 2.18. The van der Waals surface area contributed by atoms with E-state index < -0.39 is 0 Å². The summed E-state index contributed by atoms with van der Waals surface area (Å²) in [5.41, 5.74) is 3.69. The summed E-state index contributed by atoms with van der Waals surface area (Å²) in [7, 11) is 1.67. The van der Waals surface area contributed by atoms with Gasteiger partial charge < -0.3 is 9.15 Å². The fourth-order valence-corrected chi connectivity index (χ4v) is 3.80. The normalized spacial score (nSPS) is 11.5. The van der Waals surface area contributed by atoms with Crippen LogP contribution in [0, 0.1) is 0 Å². The van der Waals surface area contributed by atoms with Crippen molar-refractivity contribution in [3.8, 4) is 16.9 Å². The van der Waals surface area contributed by atoms with Gasteiger partial charge in [-0.1, -0.05) is 66.2 Å². The number of fused-ring (bicyclic) bond motifs is 3. The number of ether oxygens (including phenoxy) is 1. The molecule has 0 amide bonds. The fraction of sp³-hybridized carbons (Fsp3) is 0.0385. The van der Waals surface area contributed by atoms with E-state index in [2.05, 4.69) is 24.3 Å². The molecule has 0 aliphatic carbocycles. The van der Waals surface area contributed by atoms with E-state index in [1.807, 2.05) is 60.7 Å². The summed E-state index contributed by atoms with van der Waals surface area (Å²) < 4.78 is 11.7. The molecule has 0 saturated carbocycles. The van der Waals surface area contributed by atoms with Gasteiger partial charge in [-0.2, -0.15) is 0 Å². The topological polar surface area (TPSA) is 34.7 Å². The van der Waals surface area contributed by atoms with Crippen LogP contribution < -0.4 is 4.74 Å². The van der Waals surface area contributed by atoms with Crippen molar-refractivity contribution in [2.45, 2.75) is 0 Å². The Labute approximate surface area is 179 Å². The van der Waals surface area contributed by atoms with Crippen molar-refractivity contribution in [1.29, 1.82) is 0 Å². The van der Waals surface area contributed by atoms with E-state index in [-0.39, 0.29) is 0 Å². The number of benzene rings is 4. The first kappa shape index (κ1) is 18.5. The zero-order valence-electron chi connectivity index (χ0n) is 16.3. The SMILES string of the molecule is COc1cccc(-c2c(/N=C/c3ccc(Cl)cc3)oc3ccc4ccccc4c23)c1. The Hall–Kier alpha value is -3.56. The van der Waals surface area contributed by atoms with E-state index in [1.54, 1.807) is 13.3 Å². The molecule has 0 aliphatic rings. The molecule has 1 aromatic heterocycles. The molecule has 5 aromatic rings. The van der Waals surface area contributed by atoms with Crippen molar-refractivity contribution < 1.29 is 9.15 Å². The van der Waals surface area contributed by atoms with Gasteiger partial charge in [-0.15, -0.1) is 0 Å². The average molecular weight is 412 g/mol. The van der Waals surface area contributed by atoms with Gasteiger partial charge in [0.05, 0.1) is 12.7 Å². The number of hydrogen-bond acceptors (Lipinski definition) is 3. The molecule has 0 unspecified atom stereocenters. The maximum Gasteiger partial charge on any atom is 0.227 e. The minimum Gasteiger partial charge on any atom is -0.497 e. The van der Waals surface area contributed by atoms with E-state index in [0.717, 1.165) is 44.2 Å². The van der Waals surface area contributed by atoms with Crippen LogP contribution >= 0.6 is 11.6 Å². The van der Waals surface area contributed by atoms with E-state index in [1.165, 1.54) is 0 Å². The number of aliphatic imine (C=N–C) groups is 1. The number of hydrogen-bond donors (Lipinski definition) is 0. The molecule has 4 heteroatoms. The summed E-state index contributed by atoms with van der Waals surface area (Å²) in [5.74, 6) is 1.35. The van der Waals surface area contributed by atoms with Crippen LogP contribution in [0.1, 0.15) is 5.56 Å². The molecule has 1 heterocycles. The quantitative estimate of drug-likeness (QED) is 0.284. The Bertz CT molecular complexity index is 1380. The van der Waals surface area contributed by atoms with Crippen LogP contribution in [0.2, 0.25) is 5.02 Å². The number of halogens is 1. The van der Waals surface area contributed by atoms with Crippen LogP contribution in [0.25, 0.3) is 32.9 Å². The van der Waals surface area contributed by atoms with Crippen molar-refractivity contribution in [3.05, 3.63) is 95.5 Å². The van der Waals surface area contributed by atoms with E-state index in [0.29, 0.717) is 10.9 Å². The molecule has 0 atom stereocenters. The standard InChI is InChI=1S/C26H18ClNO2/c1-29-21-7-4-6-19(15-21)24-25-22-8-3-2-5-18(22)11-14-23(25)30-26(24)28-16-17-9-12-20(27)13-10-17/h2-16H,1H3/b28-16+. The monoisotopic (exact) mass is 411 g/mol. The lowest BCUT2D eigenvalue weighted by Crippen LogP contribution is -1.84. The van der Waals surface area contributed by atoms with Gasteiger partial charge in [-0.05, 0) is 52.2 Å². The maximum atomic E-state index is 6.22. The number of nitrogens with zero attached hydrogens (tertiary/aromatic N) is 1. The second kappa shape index (κ2) is 7.69. The van der Waals surface area contributed by atoms with Gasteiger partial charge in [0.1, 0.15) is 11.3 Å². The lowest BCUT2D eigenvalue weighted by molar-refractivity contribution is 0.415. The van der Waals surface area contributed by atoms with Gasteiger partial charge in [0.2, 0.25) is 5.88 Å². The Morgan fingerprint density at radius 1 is 0.900 bits per heavy atom. The minimum atomic E-state index is 0.560. The molecule has 0 bridgehead atoms. The molecule has 5 rings (SSSR count). The molecule has 0 aliphatic heterocycles. The second-order valence-electron chi connectivity index (χ2n) is 6.98. The molecular formula is C26H18ClNO2. The van der Waals surface area contributed by atoms with Gasteiger partial charge in [0.15, 0.2) is 0 Å². The fourth-order valence-electron chi connectivity index (χ4n) is 3.68. The lowest BCUT2D eigenvalue weighted by atomic mass is 9.98. The van der Waals surface area contributed by atoms with Crippen LogP contribution in [0.15, 0.2) is 94.3 Å². The first-order chi connectivity index (χ1) is 14.7. The molecule has 3 nitrogen and oxygen atoms in total. The summed E-state index contributed by atoms with van der Waals surface area (Å²) in [6.07, 6.45) is 1.79. The molecule has 0 N–H and O–H groups in total. The zero-order valence-corrected chi connectivity index (χ0v) is 17.1. The third-order valence-corrected chi connectivity index (χ3v) is 5.37. The van der Waals surface area contributed by atoms with Gasteiger partial charge >= 0.3 is 0 Å². The van der Waals surface area contributed by atoms with Crippen molar-refractivity contribution in [2.24, 2.45) is 4.99 Å². The number of rotatable bonds is 4. The van der Waals surface area contributed by atoms with Gasteiger partial charge in [-0.25, -0.2) is 4.99 Å². The Kier molecular flexibility index (Phi) is 4.74. The minimum absolute atomic E-state index is 0.560. The molecule has 30 heavy (non-hydrogen) atoms. The number of methoxy groups -OCH3 is 1. The molecule has 146 valence electrons. The largest absolute Gasteiger partial charge is 0.497 e. The Morgan fingerprint density at radius 3 is 2.57 bits per heavy atom. The van der Waals surface area contributed by atoms with Gasteiger partial charge in [0, 0.05) is 16.6 Å². The first-order valence-electron chi connectivity index (χ1n) is 9.61. The molecule has 0 saturated heterocycles. The lowest BCUT2D eigenvalue weighted by Gasteiger charge is -2.06. The maximum absolute atomic E-state index is 6.22. The van der Waals surface area contributed by atoms with E-state index >= 15 is 0 Å². The van der Waals surface area contributed by atoms with Crippen LogP contribution in [0.5, 0.6) is 5.75 Å². The highest BCUT2D eigenvalue weighted by atomic mass is 35.5. The predicted octanol–water partition coefficient (Wildman–Crippen LogP) is 7.67. The van der Waals surface area contributed by atoms with Crippen LogP contribution in [0.3, 0.4) is 0 Å². The summed E-state index contributed by atoms with van der Waals surface area (Å²) in [4.78, 5) is 4.71. The van der Waals surface area contributed by atoms with Crippen LogP contribution in [-0.4, -0.2) is 13.3 Å². The van der Waals surface area contributed by atoms with Gasteiger partial charge in [-0.3, -0.25) is 0 Å². The van der Waals surface area contributed by atoms with Crippen molar-refractivity contribution in [3.63, 3.8) is 0 Å². The van der Waals surface area contributed by atoms with Gasteiger partial charge in [0.25, 0.3) is 0 Å². The van der Waals surface area contributed by atoms with Crippen LogP contribution in [0.4, 0.5) is 5.88 Å². The number of furan rings is 1. The first-order valence-corrected chi connectivity index (χ1v) is 9.99.